The third-order valence-electron chi connectivity index (χ3n) is 3.83. The Morgan fingerprint density at radius 2 is 2.08 bits per heavy atom. The first-order valence-electron chi connectivity index (χ1n) is 7.75. The summed E-state index contributed by atoms with van der Waals surface area (Å²) in [7, 11) is -3.72. The summed E-state index contributed by atoms with van der Waals surface area (Å²) in [5.41, 5.74) is 2.51. The van der Waals surface area contributed by atoms with Gasteiger partial charge >= 0.3 is 0 Å². The summed E-state index contributed by atoms with van der Waals surface area (Å²) in [6, 6.07) is 12.8. The molecule has 0 saturated heterocycles. The van der Waals surface area contributed by atoms with Crippen LogP contribution < -0.4 is 10.5 Å². The fraction of sp³-hybridized carbons (Fsp3) is 0.0588. The van der Waals surface area contributed by atoms with Crippen molar-refractivity contribution < 1.29 is 8.42 Å². The number of sulfonamides is 1. The smallest absolute Gasteiger partial charge is 0.247 e. The molecule has 4 heterocycles. The summed E-state index contributed by atoms with van der Waals surface area (Å²) in [5, 5.41) is 9.40. The summed E-state index contributed by atoms with van der Waals surface area (Å²) >= 11 is 1.14. The van der Waals surface area contributed by atoms with E-state index in [-0.39, 0.29) is 4.21 Å². The Morgan fingerprint density at radius 1 is 1.19 bits per heavy atom. The molecule has 0 fully saturated rings. The second-order valence-electron chi connectivity index (χ2n) is 5.63. The summed E-state index contributed by atoms with van der Waals surface area (Å²) in [6.45, 7) is 0.534. The number of fused-ring (bicyclic) bond motifs is 1. The maximum atomic E-state index is 11.6. The molecule has 0 spiro atoms. The predicted molar refractivity (Wildman–Crippen MR) is 102 cm³/mol. The Balaban J connectivity index is 1.72. The number of pyridine rings is 2. The van der Waals surface area contributed by atoms with Gasteiger partial charge in [-0.05, 0) is 36.4 Å². The minimum atomic E-state index is -3.72. The average Bonchev–Trinajstić information content (AvgIpc) is 3.29. The van der Waals surface area contributed by atoms with E-state index in [1.54, 1.807) is 18.5 Å². The van der Waals surface area contributed by atoms with E-state index in [1.807, 2.05) is 30.3 Å². The van der Waals surface area contributed by atoms with Gasteiger partial charge in [0.15, 0.2) is 0 Å². The number of hydrogen-bond donors (Lipinski definition) is 3. The van der Waals surface area contributed by atoms with Crippen LogP contribution in [-0.4, -0.2) is 23.4 Å². The molecule has 0 aliphatic carbocycles. The second kappa shape index (κ2) is 6.52. The highest BCUT2D eigenvalue weighted by atomic mass is 32.2. The van der Waals surface area contributed by atoms with Crippen LogP contribution in [-0.2, 0) is 16.6 Å². The van der Waals surface area contributed by atoms with E-state index in [0.717, 1.165) is 38.5 Å². The summed E-state index contributed by atoms with van der Waals surface area (Å²) < 4.78 is 23.3. The zero-order valence-electron chi connectivity index (χ0n) is 13.5. The van der Waals surface area contributed by atoms with E-state index in [9.17, 15) is 8.42 Å². The lowest BCUT2D eigenvalue weighted by atomic mass is 10.1. The number of rotatable bonds is 5. The number of aromatic nitrogens is 3. The van der Waals surface area contributed by atoms with E-state index in [1.165, 1.54) is 6.07 Å². The van der Waals surface area contributed by atoms with Gasteiger partial charge in [0, 0.05) is 28.2 Å². The van der Waals surface area contributed by atoms with Crippen LogP contribution in [0, 0.1) is 0 Å². The van der Waals surface area contributed by atoms with Crippen molar-refractivity contribution in [3.05, 3.63) is 60.6 Å². The van der Waals surface area contributed by atoms with Gasteiger partial charge in [0.25, 0.3) is 0 Å². The molecule has 4 aromatic heterocycles. The molecule has 4 N–H and O–H groups in total. The fourth-order valence-corrected chi connectivity index (χ4v) is 4.39. The van der Waals surface area contributed by atoms with E-state index in [0.29, 0.717) is 12.4 Å². The molecule has 0 aromatic carbocycles. The molecule has 0 amide bonds. The Kier molecular flexibility index (Phi) is 4.19. The van der Waals surface area contributed by atoms with Gasteiger partial charge in [-0.15, -0.1) is 11.3 Å². The number of H-pyrrole nitrogens is 1. The Labute approximate surface area is 154 Å². The van der Waals surface area contributed by atoms with E-state index >= 15 is 0 Å². The number of nitrogens with one attached hydrogen (secondary N) is 2. The lowest BCUT2D eigenvalue weighted by Gasteiger charge is -2.08. The minimum absolute atomic E-state index is 0.135. The molecule has 7 nitrogen and oxygen atoms in total. The highest BCUT2D eigenvalue weighted by Crippen LogP contribution is 2.35. The first-order valence-corrected chi connectivity index (χ1v) is 10.1. The van der Waals surface area contributed by atoms with Crippen LogP contribution in [0.3, 0.4) is 0 Å². The lowest BCUT2D eigenvalue weighted by molar-refractivity contribution is 0.600. The minimum Gasteiger partial charge on any atom is -0.364 e. The van der Waals surface area contributed by atoms with Gasteiger partial charge in [0.2, 0.25) is 10.0 Å². The van der Waals surface area contributed by atoms with Crippen LogP contribution in [0.5, 0.6) is 0 Å². The summed E-state index contributed by atoms with van der Waals surface area (Å²) in [6.07, 6.45) is 3.54. The molecule has 0 radical (unpaired) electrons. The quantitative estimate of drug-likeness (QED) is 0.489. The average molecular weight is 385 g/mol. The summed E-state index contributed by atoms with van der Waals surface area (Å²) in [5.74, 6) is 0.672. The molecule has 9 heteroatoms. The summed E-state index contributed by atoms with van der Waals surface area (Å²) in [4.78, 5) is 12.7. The molecular weight excluding hydrogens is 370 g/mol. The van der Waals surface area contributed by atoms with Gasteiger partial charge in [0.05, 0.1) is 12.2 Å². The molecule has 26 heavy (non-hydrogen) atoms. The van der Waals surface area contributed by atoms with Crippen LogP contribution in [0.25, 0.3) is 21.5 Å². The standard InChI is InChI=1S/C17H15N5O2S2/c18-26(23,24)16-5-4-14(25-16)13-9-15(22-17-12(13)6-8-20-17)21-10-11-3-1-2-7-19-11/h1-9H,10H2,(H2,18,23,24)(H2,20,21,22). The van der Waals surface area contributed by atoms with Gasteiger partial charge in [-0.25, -0.2) is 18.5 Å². The largest absolute Gasteiger partial charge is 0.364 e. The third kappa shape index (κ3) is 3.32. The highest BCUT2D eigenvalue weighted by Gasteiger charge is 2.15. The van der Waals surface area contributed by atoms with Crippen molar-refractivity contribution >= 4 is 38.2 Å². The number of thiophene rings is 1. The number of nitrogens with two attached hydrogens (primary N) is 1. The number of hydrogen-bond acceptors (Lipinski definition) is 6. The second-order valence-corrected chi connectivity index (χ2v) is 8.51. The maximum Gasteiger partial charge on any atom is 0.247 e. The molecule has 0 aliphatic rings. The molecule has 132 valence electrons. The van der Waals surface area contributed by atoms with Gasteiger partial charge in [0.1, 0.15) is 15.7 Å². The number of nitrogens with zero attached hydrogens (tertiary/aromatic N) is 2. The molecular formula is C17H15N5O2S2. The van der Waals surface area contributed by atoms with Crippen LogP contribution >= 0.6 is 11.3 Å². The molecule has 4 rings (SSSR count). The Bertz CT molecular complexity index is 1170. The number of aromatic amines is 1. The predicted octanol–water partition coefficient (Wildman–Crippen LogP) is 2.95. The van der Waals surface area contributed by atoms with E-state index in [2.05, 4.69) is 20.3 Å². The van der Waals surface area contributed by atoms with Crippen LogP contribution in [0.15, 0.2) is 59.1 Å². The third-order valence-corrected chi connectivity index (χ3v) is 6.39. The van der Waals surface area contributed by atoms with Crippen LogP contribution in [0.4, 0.5) is 5.82 Å². The van der Waals surface area contributed by atoms with Crippen LogP contribution in [0.2, 0.25) is 0 Å². The monoisotopic (exact) mass is 385 g/mol. The Morgan fingerprint density at radius 3 is 2.81 bits per heavy atom. The molecule has 4 aromatic rings. The zero-order chi connectivity index (χ0) is 18.1. The highest BCUT2D eigenvalue weighted by molar-refractivity contribution is 7.91. The molecule has 0 unspecified atom stereocenters. The first kappa shape index (κ1) is 16.7. The van der Waals surface area contributed by atoms with E-state index in [4.69, 9.17) is 5.14 Å². The van der Waals surface area contributed by atoms with Crippen molar-refractivity contribution in [1.82, 2.24) is 15.0 Å². The van der Waals surface area contributed by atoms with Gasteiger partial charge < -0.3 is 10.3 Å². The molecule has 0 saturated carbocycles. The molecule has 0 bridgehead atoms. The molecule has 0 atom stereocenters. The maximum absolute atomic E-state index is 11.6. The SMILES string of the molecule is NS(=O)(=O)c1ccc(-c2cc(NCc3ccccn3)nc3[nH]ccc23)s1. The molecule has 0 aliphatic heterocycles. The number of anilines is 1. The van der Waals surface area contributed by atoms with Gasteiger partial charge in [-0.2, -0.15) is 0 Å². The van der Waals surface area contributed by atoms with Crippen LogP contribution in [0.1, 0.15) is 5.69 Å². The first-order chi connectivity index (χ1) is 12.5. The van der Waals surface area contributed by atoms with Crippen molar-refractivity contribution in [3.8, 4) is 10.4 Å². The van der Waals surface area contributed by atoms with Gasteiger partial charge in [-0.3, -0.25) is 4.98 Å². The van der Waals surface area contributed by atoms with Crippen molar-refractivity contribution in [2.24, 2.45) is 5.14 Å². The van der Waals surface area contributed by atoms with Crippen molar-refractivity contribution in [2.75, 3.05) is 5.32 Å². The lowest BCUT2D eigenvalue weighted by Crippen LogP contribution is -2.09. The van der Waals surface area contributed by atoms with Gasteiger partial charge in [-0.1, -0.05) is 6.07 Å². The zero-order valence-corrected chi connectivity index (χ0v) is 15.1. The van der Waals surface area contributed by atoms with E-state index < -0.39 is 10.0 Å². The normalized spacial score (nSPS) is 11.7. The fourth-order valence-electron chi connectivity index (χ4n) is 2.63. The van der Waals surface area contributed by atoms with Crippen molar-refractivity contribution in [1.29, 1.82) is 0 Å². The number of primary sulfonamides is 1. The van der Waals surface area contributed by atoms with Crippen molar-refractivity contribution in [2.45, 2.75) is 10.8 Å². The van der Waals surface area contributed by atoms with Crippen molar-refractivity contribution in [3.63, 3.8) is 0 Å². The topological polar surface area (TPSA) is 114 Å². The Hall–Kier alpha value is -2.75.